The Bertz CT molecular complexity index is 354. The first-order valence-electron chi connectivity index (χ1n) is 9.38. The largest absolute Gasteiger partial charge is 0.397 e. The summed E-state index contributed by atoms with van der Waals surface area (Å²) in [6.07, 6.45) is 9.20. The fourth-order valence-corrected chi connectivity index (χ4v) is 2.95. The van der Waals surface area contributed by atoms with Gasteiger partial charge < -0.3 is 5.11 Å². The Morgan fingerprint density at radius 2 is 1.42 bits per heavy atom. The van der Waals surface area contributed by atoms with Gasteiger partial charge in [0.2, 0.25) is 0 Å². The lowest BCUT2D eigenvalue weighted by atomic mass is 9.91. The van der Waals surface area contributed by atoms with Crippen LogP contribution in [0.25, 0.3) is 0 Å². The van der Waals surface area contributed by atoms with Gasteiger partial charge in [-0.25, -0.2) is 4.18 Å². The van der Waals surface area contributed by atoms with Crippen molar-refractivity contribution in [3.63, 3.8) is 0 Å². The molecule has 24 heavy (non-hydrogen) atoms. The molecule has 2 N–H and O–H groups in total. The Kier molecular flexibility index (Phi) is 17.7. The molecular weight excluding hydrogens is 328 g/mol. The molecule has 0 aliphatic rings. The molecule has 2 unspecified atom stereocenters. The Balaban J connectivity index is 0. The third-order valence-electron chi connectivity index (χ3n) is 4.12. The average Bonchev–Trinajstić information content (AvgIpc) is 2.44. The smallest absolute Gasteiger partial charge is 0.397 e. The van der Waals surface area contributed by atoms with E-state index in [-0.39, 0.29) is 13.2 Å². The maximum atomic E-state index is 10.5. The number of rotatable bonds is 13. The summed E-state index contributed by atoms with van der Waals surface area (Å²) in [5, 5.41) is 7.57. The maximum absolute atomic E-state index is 10.5. The van der Waals surface area contributed by atoms with Gasteiger partial charge in [0.1, 0.15) is 0 Å². The van der Waals surface area contributed by atoms with E-state index in [0.717, 1.165) is 24.7 Å². The van der Waals surface area contributed by atoms with Gasteiger partial charge in [0.15, 0.2) is 0 Å². The third-order valence-corrected chi connectivity index (χ3v) is 4.59. The van der Waals surface area contributed by atoms with Crippen LogP contribution < -0.4 is 0 Å². The van der Waals surface area contributed by atoms with Crippen LogP contribution in [0.15, 0.2) is 0 Å². The molecule has 0 heterocycles. The van der Waals surface area contributed by atoms with Crippen LogP contribution in [0.5, 0.6) is 0 Å². The van der Waals surface area contributed by atoms with Crippen LogP contribution in [-0.4, -0.2) is 31.3 Å². The van der Waals surface area contributed by atoms with E-state index >= 15 is 0 Å². The van der Waals surface area contributed by atoms with Gasteiger partial charge in [-0.1, -0.05) is 72.6 Å². The Morgan fingerprint density at radius 1 is 0.917 bits per heavy atom. The number of hydrogen-bond acceptors (Lipinski definition) is 4. The van der Waals surface area contributed by atoms with Crippen molar-refractivity contribution in [1.82, 2.24) is 0 Å². The molecule has 2 atom stereocenters. The minimum absolute atomic E-state index is 0.0846. The molecule has 6 heteroatoms. The molecule has 0 aromatic heterocycles. The van der Waals surface area contributed by atoms with Crippen molar-refractivity contribution in [2.24, 2.45) is 17.8 Å². The highest BCUT2D eigenvalue weighted by Crippen LogP contribution is 2.22. The molecule has 0 aromatic carbocycles. The van der Waals surface area contributed by atoms with Gasteiger partial charge in [-0.05, 0) is 31.1 Å². The molecule has 0 aromatic rings. The highest BCUT2D eigenvalue weighted by atomic mass is 32.3. The molecule has 0 radical (unpaired) electrons. The molecule has 0 aliphatic carbocycles. The van der Waals surface area contributed by atoms with Crippen LogP contribution in [-0.2, 0) is 14.6 Å². The van der Waals surface area contributed by atoms with E-state index in [1.807, 2.05) is 0 Å². The second-order valence-corrected chi connectivity index (χ2v) is 8.08. The van der Waals surface area contributed by atoms with Gasteiger partial charge >= 0.3 is 10.4 Å². The molecule has 0 bridgehead atoms. The van der Waals surface area contributed by atoms with Gasteiger partial charge in [0.05, 0.1) is 6.61 Å². The van der Waals surface area contributed by atoms with Gasteiger partial charge in [0.25, 0.3) is 0 Å². The van der Waals surface area contributed by atoms with Crippen LogP contribution in [0.4, 0.5) is 0 Å². The molecule has 0 rings (SSSR count). The fraction of sp³-hybridized carbons (Fsp3) is 1.00. The van der Waals surface area contributed by atoms with E-state index in [9.17, 15) is 8.42 Å². The highest BCUT2D eigenvalue weighted by molar-refractivity contribution is 7.80. The second-order valence-electron chi connectivity index (χ2n) is 6.99. The van der Waals surface area contributed by atoms with Gasteiger partial charge in [-0.3, -0.25) is 4.55 Å². The zero-order chi connectivity index (χ0) is 19.0. The Morgan fingerprint density at radius 3 is 1.83 bits per heavy atom. The molecular formula is C18H40O5S. The molecule has 5 nitrogen and oxygen atoms in total. The number of hydrogen-bond donors (Lipinski definition) is 2. The van der Waals surface area contributed by atoms with Gasteiger partial charge in [-0.2, -0.15) is 8.42 Å². The van der Waals surface area contributed by atoms with Crippen molar-refractivity contribution < 1.29 is 22.3 Å². The summed E-state index contributed by atoms with van der Waals surface area (Å²) in [7, 11) is -4.28. The monoisotopic (exact) mass is 368 g/mol. The predicted octanol–water partition coefficient (Wildman–Crippen LogP) is 4.85. The standard InChI is InChI=1S/C16H34O4S.C2H6O/c1-5-16(12-13-20-21(17,18)19)11-7-10-15(4)9-6-8-14(2)3;1-2-3/h14-16H,5-13H2,1-4H3,(H,17,18,19);3H,2H2,1H3. The van der Waals surface area contributed by atoms with E-state index in [4.69, 9.17) is 9.66 Å². The maximum Gasteiger partial charge on any atom is 0.397 e. The lowest BCUT2D eigenvalue weighted by Gasteiger charge is -2.16. The summed E-state index contributed by atoms with van der Waals surface area (Å²) in [5.74, 6) is 2.05. The molecule has 0 amide bonds. The van der Waals surface area contributed by atoms with E-state index in [1.165, 1.54) is 32.1 Å². The summed E-state index contributed by atoms with van der Waals surface area (Å²) in [5.41, 5.74) is 0. The first-order valence-corrected chi connectivity index (χ1v) is 10.7. The quantitative estimate of drug-likeness (QED) is 0.454. The first-order chi connectivity index (χ1) is 11.2. The van der Waals surface area contributed by atoms with E-state index in [2.05, 4.69) is 31.9 Å². The van der Waals surface area contributed by atoms with E-state index < -0.39 is 10.4 Å². The molecule has 0 saturated heterocycles. The number of aliphatic hydroxyl groups excluding tert-OH is 1. The third kappa shape index (κ3) is 21.8. The Hall–Kier alpha value is -0.170. The number of aliphatic hydroxyl groups is 1. The SMILES string of the molecule is CCC(CCCC(C)CCCC(C)C)CCOS(=O)(=O)O.CCO. The van der Waals surface area contributed by atoms with Crippen molar-refractivity contribution >= 4 is 10.4 Å². The van der Waals surface area contributed by atoms with Crippen LogP contribution in [0.3, 0.4) is 0 Å². The lowest BCUT2D eigenvalue weighted by molar-refractivity contribution is 0.237. The molecule has 148 valence electrons. The molecule has 0 fully saturated rings. The molecule has 0 saturated carbocycles. The summed E-state index contributed by atoms with van der Waals surface area (Å²) in [6, 6.07) is 0. The van der Waals surface area contributed by atoms with E-state index in [0.29, 0.717) is 12.3 Å². The van der Waals surface area contributed by atoms with Crippen LogP contribution in [0, 0.1) is 17.8 Å². The average molecular weight is 369 g/mol. The van der Waals surface area contributed by atoms with Crippen LogP contribution in [0.1, 0.15) is 86.0 Å². The van der Waals surface area contributed by atoms with Crippen molar-refractivity contribution in [2.45, 2.75) is 86.0 Å². The van der Waals surface area contributed by atoms with Crippen molar-refractivity contribution in [3.05, 3.63) is 0 Å². The van der Waals surface area contributed by atoms with Gasteiger partial charge in [-0.15, -0.1) is 0 Å². The van der Waals surface area contributed by atoms with Crippen LogP contribution in [0.2, 0.25) is 0 Å². The summed E-state index contributed by atoms with van der Waals surface area (Å²) in [4.78, 5) is 0. The molecule has 0 aliphatic heterocycles. The minimum atomic E-state index is -4.28. The first kappa shape index (κ1) is 26.1. The topological polar surface area (TPSA) is 83.8 Å². The zero-order valence-electron chi connectivity index (χ0n) is 16.3. The highest BCUT2D eigenvalue weighted by Gasteiger charge is 2.11. The Labute approximate surface area is 150 Å². The summed E-state index contributed by atoms with van der Waals surface area (Å²) < 4.78 is 33.9. The zero-order valence-corrected chi connectivity index (χ0v) is 17.1. The molecule has 0 spiro atoms. The predicted molar refractivity (Wildman–Crippen MR) is 100 cm³/mol. The van der Waals surface area contributed by atoms with Crippen LogP contribution >= 0.6 is 0 Å². The normalized spacial score (nSPS) is 14.2. The van der Waals surface area contributed by atoms with Crippen molar-refractivity contribution in [3.8, 4) is 0 Å². The second kappa shape index (κ2) is 16.3. The van der Waals surface area contributed by atoms with Crippen molar-refractivity contribution in [2.75, 3.05) is 13.2 Å². The summed E-state index contributed by atoms with van der Waals surface area (Å²) >= 11 is 0. The van der Waals surface area contributed by atoms with Crippen molar-refractivity contribution in [1.29, 1.82) is 0 Å². The fourth-order valence-electron chi connectivity index (χ4n) is 2.65. The van der Waals surface area contributed by atoms with Gasteiger partial charge in [0, 0.05) is 6.61 Å². The minimum Gasteiger partial charge on any atom is -0.397 e. The summed E-state index contributed by atoms with van der Waals surface area (Å²) in [6.45, 7) is 11.0. The lowest BCUT2D eigenvalue weighted by Crippen LogP contribution is -2.09. The van der Waals surface area contributed by atoms with E-state index in [1.54, 1.807) is 6.92 Å².